The minimum absolute atomic E-state index is 0.000767. The van der Waals surface area contributed by atoms with Crippen molar-refractivity contribution in [3.8, 4) is 0 Å². The van der Waals surface area contributed by atoms with Crippen molar-refractivity contribution in [3.63, 3.8) is 0 Å². The summed E-state index contributed by atoms with van der Waals surface area (Å²) >= 11 is 0. The van der Waals surface area contributed by atoms with Gasteiger partial charge in [-0.15, -0.1) is 0 Å². The molecular weight excluding hydrogens is 797 g/mol. The van der Waals surface area contributed by atoms with E-state index in [4.69, 9.17) is 24.8 Å². The van der Waals surface area contributed by atoms with Crippen LogP contribution in [0.3, 0.4) is 0 Å². The number of allylic oxidation sites excluding steroid dienone is 16. The molecule has 0 amide bonds. The van der Waals surface area contributed by atoms with E-state index in [0.717, 1.165) is 64.2 Å². The third-order valence-electron chi connectivity index (χ3n) is 8.60. The molecule has 0 fully saturated rings. The summed E-state index contributed by atoms with van der Waals surface area (Å²) < 4.78 is 32.6. The van der Waals surface area contributed by atoms with E-state index >= 15 is 0 Å². The predicted octanol–water partition coefficient (Wildman–Crippen LogP) is 10.8. The van der Waals surface area contributed by atoms with Gasteiger partial charge >= 0.3 is 25.7 Å². The van der Waals surface area contributed by atoms with Crippen molar-refractivity contribution < 1.29 is 52.6 Å². The second-order valence-electron chi connectivity index (χ2n) is 14.3. The number of carbonyl (C=O) groups excluding carboxylic acids is 2. The Morgan fingerprint density at radius 2 is 1.15 bits per heavy atom. The molecule has 0 saturated heterocycles. The minimum atomic E-state index is -4.76. The Morgan fingerprint density at radius 1 is 0.607 bits per heavy atom. The molecule has 344 valence electrons. The van der Waals surface area contributed by atoms with Gasteiger partial charge in [0.05, 0.1) is 19.3 Å². The van der Waals surface area contributed by atoms with Crippen molar-refractivity contribution in [3.05, 3.63) is 109 Å². The molecule has 0 aliphatic rings. The summed E-state index contributed by atoms with van der Waals surface area (Å²) in [7, 11) is -4.76. The van der Waals surface area contributed by atoms with Crippen LogP contribution in [0.4, 0.5) is 0 Å². The van der Waals surface area contributed by atoms with Crippen molar-refractivity contribution in [2.75, 3.05) is 19.8 Å². The maximum Gasteiger partial charge on any atom is 0.472 e. The highest BCUT2D eigenvalue weighted by atomic mass is 31.2. The molecule has 12 nitrogen and oxygen atoms in total. The van der Waals surface area contributed by atoms with E-state index in [9.17, 15) is 28.9 Å². The van der Waals surface area contributed by atoms with Gasteiger partial charge in [0.15, 0.2) is 6.10 Å². The highest BCUT2D eigenvalue weighted by molar-refractivity contribution is 7.47. The number of carbonyl (C=O) groups is 3. The summed E-state index contributed by atoms with van der Waals surface area (Å²) in [5.41, 5.74) is 5.32. The second-order valence-corrected chi connectivity index (χ2v) is 15.7. The SMILES string of the molecule is CC/C=C\C/C=C\CC(O)/C=C/C=C\C/C=C\C/C=C\CCC(=O)O[C@H](COC(=O)CCCCCC/C=C\C/C=C\C/C=C\CCCCC)COP(=O)(O)OC[C@H](N)C(=O)O. The molecular formula is C48H76NO11P. The molecule has 0 saturated carbocycles. The molecule has 0 aliphatic carbocycles. The molecule has 0 spiro atoms. The van der Waals surface area contributed by atoms with Crippen molar-refractivity contribution >= 4 is 25.7 Å². The first kappa shape index (κ1) is 57.1. The van der Waals surface area contributed by atoms with Gasteiger partial charge in [-0.3, -0.25) is 23.4 Å². The fraction of sp³-hybridized carbons (Fsp3) is 0.562. The van der Waals surface area contributed by atoms with Gasteiger partial charge in [-0.25, -0.2) is 4.57 Å². The molecule has 0 heterocycles. The number of carboxylic acid groups (broad SMARTS) is 1. The number of phosphoric ester groups is 1. The van der Waals surface area contributed by atoms with Crippen LogP contribution in [0.25, 0.3) is 0 Å². The number of phosphoric acid groups is 1. The van der Waals surface area contributed by atoms with Crippen LogP contribution in [0, 0.1) is 0 Å². The summed E-state index contributed by atoms with van der Waals surface area (Å²) in [6.07, 6.45) is 50.5. The molecule has 0 aliphatic heterocycles. The number of esters is 2. The summed E-state index contributed by atoms with van der Waals surface area (Å²) in [4.78, 5) is 46.0. The standard InChI is InChI=1S/C48H76NO11P/c1-3-5-7-9-11-12-13-14-15-16-17-18-19-23-26-30-34-38-46(51)57-40-44(41-58-61(55,56)59-42-45(49)48(53)54)60-47(52)39-35-31-27-24-21-20-22-25-29-33-37-43(50)36-32-28-10-8-6-4-2/h6,8,11-12,14-15,17-18,20-21,25,27-29,31-33,37,43-45,50H,3-5,7,9-10,13,16,19,22-24,26,30,34-36,38-42,49H2,1-2H3,(H,53,54)(H,55,56)/b8-6-,12-11-,15-14-,18-17-,21-20-,29-25-,31-27-,32-28-,37-33+/t43?,44-,45+/m1/s1. The first-order chi connectivity index (χ1) is 29.5. The van der Waals surface area contributed by atoms with E-state index < -0.39 is 63.8 Å². The van der Waals surface area contributed by atoms with Gasteiger partial charge in [-0.1, -0.05) is 149 Å². The lowest BCUT2D eigenvalue weighted by atomic mass is 10.1. The molecule has 0 aromatic rings. The zero-order valence-corrected chi connectivity index (χ0v) is 37.7. The summed E-state index contributed by atoms with van der Waals surface area (Å²) in [5, 5.41) is 18.9. The average Bonchev–Trinajstić information content (AvgIpc) is 3.23. The normalized spacial score (nSPS) is 15.2. The van der Waals surface area contributed by atoms with Gasteiger partial charge < -0.3 is 30.3 Å². The number of unbranched alkanes of at least 4 members (excludes halogenated alkanes) is 7. The van der Waals surface area contributed by atoms with E-state index in [1.165, 1.54) is 19.3 Å². The Morgan fingerprint density at radius 3 is 1.77 bits per heavy atom. The Labute approximate surface area is 366 Å². The van der Waals surface area contributed by atoms with Crippen molar-refractivity contribution in [2.24, 2.45) is 5.73 Å². The van der Waals surface area contributed by atoms with E-state index in [-0.39, 0.29) is 12.8 Å². The van der Waals surface area contributed by atoms with Gasteiger partial charge in [0, 0.05) is 12.8 Å². The van der Waals surface area contributed by atoms with Crippen molar-refractivity contribution in [1.82, 2.24) is 0 Å². The second kappa shape index (κ2) is 41.5. The van der Waals surface area contributed by atoms with E-state index in [1.807, 2.05) is 54.7 Å². The first-order valence-electron chi connectivity index (χ1n) is 22.0. The first-order valence-corrected chi connectivity index (χ1v) is 23.5. The van der Waals surface area contributed by atoms with Crippen LogP contribution in [-0.2, 0) is 37.5 Å². The van der Waals surface area contributed by atoms with Gasteiger partial charge in [0.2, 0.25) is 0 Å². The monoisotopic (exact) mass is 874 g/mol. The summed E-state index contributed by atoms with van der Waals surface area (Å²) in [5.74, 6) is -2.57. The number of aliphatic hydroxyl groups excluding tert-OH is 1. The predicted molar refractivity (Wildman–Crippen MR) is 246 cm³/mol. The highest BCUT2D eigenvalue weighted by Gasteiger charge is 2.28. The summed E-state index contributed by atoms with van der Waals surface area (Å²) in [6.45, 7) is 2.46. The van der Waals surface area contributed by atoms with Crippen LogP contribution in [0.5, 0.6) is 0 Å². The molecule has 0 radical (unpaired) electrons. The lowest BCUT2D eigenvalue weighted by Crippen LogP contribution is -2.34. The topological polar surface area (TPSA) is 192 Å². The van der Waals surface area contributed by atoms with Crippen LogP contribution >= 0.6 is 7.82 Å². The number of hydrogen-bond acceptors (Lipinski definition) is 10. The molecule has 5 N–H and O–H groups in total. The minimum Gasteiger partial charge on any atom is -0.480 e. The maximum atomic E-state index is 12.6. The fourth-order valence-electron chi connectivity index (χ4n) is 5.12. The number of hydrogen-bond donors (Lipinski definition) is 4. The smallest absolute Gasteiger partial charge is 0.472 e. The Kier molecular flexibility index (Phi) is 38.8. The van der Waals surface area contributed by atoms with Crippen LogP contribution < -0.4 is 5.73 Å². The van der Waals surface area contributed by atoms with E-state index in [0.29, 0.717) is 25.7 Å². The molecule has 0 bridgehead atoms. The largest absolute Gasteiger partial charge is 0.480 e. The van der Waals surface area contributed by atoms with E-state index in [2.05, 4.69) is 67.0 Å². The van der Waals surface area contributed by atoms with Crippen LogP contribution in [0.2, 0.25) is 0 Å². The Balaban J connectivity index is 4.61. The number of aliphatic hydroxyl groups is 1. The molecule has 0 aromatic carbocycles. The lowest BCUT2D eigenvalue weighted by Gasteiger charge is -2.20. The van der Waals surface area contributed by atoms with Crippen molar-refractivity contribution in [2.45, 2.75) is 154 Å². The quantitative estimate of drug-likeness (QED) is 0.0150. The zero-order valence-electron chi connectivity index (χ0n) is 36.8. The number of rotatable bonds is 39. The zero-order chi connectivity index (χ0) is 45.1. The number of carboxylic acids is 1. The van der Waals surface area contributed by atoms with Gasteiger partial charge in [0.1, 0.15) is 12.6 Å². The number of ether oxygens (including phenoxy) is 2. The van der Waals surface area contributed by atoms with Gasteiger partial charge in [-0.05, 0) is 83.5 Å². The molecule has 0 aromatic heterocycles. The fourth-order valence-corrected chi connectivity index (χ4v) is 5.90. The Bertz CT molecular complexity index is 1460. The number of nitrogens with two attached hydrogens (primary N) is 1. The molecule has 13 heteroatoms. The third kappa shape index (κ3) is 41.2. The van der Waals surface area contributed by atoms with E-state index in [1.54, 1.807) is 6.08 Å². The third-order valence-corrected chi connectivity index (χ3v) is 9.55. The van der Waals surface area contributed by atoms with Gasteiger partial charge in [-0.2, -0.15) is 0 Å². The highest BCUT2D eigenvalue weighted by Crippen LogP contribution is 2.43. The molecule has 2 unspecified atom stereocenters. The maximum absolute atomic E-state index is 12.6. The average molecular weight is 874 g/mol. The van der Waals surface area contributed by atoms with Gasteiger partial charge in [0.25, 0.3) is 0 Å². The molecule has 61 heavy (non-hydrogen) atoms. The number of aliphatic carboxylic acids is 1. The lowest BCUT2D eigenvalue weighted by molar-refractivity contribution is -0.161. The summed E-state index contributed by atoms with van der Waals surface area (Å²) in [6, 6.07) is -1.55. The van der Waals surface area contributed by atoms with Crippen LogP contribution in [0.1, 0.15) is 136 Å². The Hall–Kier alpha value is -3.90. The molecule has 4 atom stereocenters. The van der Waals surface area contributed by atoms with Crippen molar-refractivity contribution in [1.29, 1.82) is 0 Å². The van der Waals surface area contributed by atoms with Crippen LogP contribution in [0.15, 0.2) is 109 Å². The van der Waals surface area contributed by atoms with Crippen LogP contribution in [-0.4, -0.2) is 71.1 Å². The molecule has 0 rings (SSSR count).